The summed E-state index contributed by atoms with van der Waals surface area (Å²) in [5.41, 5.74) is 1.11. The van der Waals surface area contributed by atoms with Crippen LogP contribution in [-0.2, 0) is 9.47 Å². The number of aromatic nitrogens is 1. The molecule has 2 saturated carbocycles. The zero-order valence-corrected chi connectivity index (χ0v) is 20.4. The summed E-state index contributed by atoms with van der Waals surface area (Å²) in [6.45, 7) is 14.0. The number of hydrogen-bond acceptors (Lipinski definition) is 4. The Morgan fingerprint density at radius 1 is 0.935 bits per heavy atom. The molecule has 0 amide bonds. The fraction of sp³-hybridized carbons (Fsp3) is 0.741. The number of nitrogens with zero attached hydrogens (tertiary/aromatic N) is 1. The lowest BCUT2D eigenvalue weighted by molar-refractivity contribution is -0.126. The molecule has 0 bridgehead atoms. The first-order valence-corrected chi connectivity index (χ1v) is 12.0. The second-order valence-corrected chi connectivity index (χ2v) is 11.2. The molecule has 0 aromatic carbocycles. The first-order valence-electron chi connectivity index (χ1n) is 12.0. The van der Waals surface area contributed by atoms with E-state index in [1.165, 1.54) is 25.7 Å². The average Bonchev–Trinajstić information content (AvgIpc) is 2.66. The summed E-state index contributed by atoms with van der Waals surface area (Å²) in [5, 5.41) is 0. The summed E-state index contributed by atoms with van der Waals surface area (Å²) >= 11 is 0. The maximum atomic E-state index is 6.05. The lowest BCUT2D eigenvalue weighted by atomic mass is 9.72. The van der Waals surface area contributed by atoms with Crippen molar-refractivity contribution in [3.8, 4) is 17.6 Å². The molecule has 2 fully saturated rings. The van der Waals surface area contributed by atoms with Gasteiger partial charge >= 0.3 is 0 Å². The Morgan fingerprint density at radius 2 is 1.65 bits per heavy atom. The smallest absolute Gasteiger partial charge is 0.138 e. The van der Waals surface area contributed by atoms with Crippen LogP contribution >= 0.6 is 0 Å². The average molecular weight is 428 g/mol. The highest BCUT2D eigenvalue weighted by molar-refractivity contribution is 5.31. The summed E-state index contributed by atoms with van der Waals surface area (Å²) in [7, 11) is 0. The van der Waals surface area contributed by atoms with E-state index < -0.39 is 0 Å². The minimum atomic E-state index is -0.0890. The van der Waals surface area contributed by atoms with E-state index >= 15 is 0 Å². The van der Waals surface area contributed by atoms with Crippen molar-refractivity contribution in [3.63, 3.8) is 0 Å². The van der Waals surface area contributed by atoms with Crippen LogP contribution < -0.4 is 4.74 Å². The molecule has 0 unspecified atom stereocenters. The lowest BCUT2D eigenvalue weighted by Gasteiger charge is -2.39. The van der Waals surface area contributed by atoms with E-state index in [2.05, 4.69) is 58.4 Å². The van der Waals surface area contributed by atoms with E-state index in [0.717, 1.165) is 36.6 Å². The Hall–Kier alpha value is -1.57. The summed E-state index contributed by atoms with van der Waals surface area (Å²) in [6, 6.07) is 3.89. The van der Waals surface area contributed by atoms with E-state index in [1.807, 2.05) is 12.1 Å². The maximum Gasteiger partial charge on any atom is 0.138 e. The minimum absolute atomic E-state index is 0.0890. The van der Waals surface area contributed by atoms with Gasteiger partial charge in [0.2, 0.25) is 0 Å². The molecule has 0 radical (unpaired) electrons. The van der Waals surface area contributed by atoms with Gasteiger partial charge in [-0.15, -0.1) is 0 Å². The highest BCUT2D eigenvalue weighted by Gasteiger charge is 2.34. The Morgan fingerprint density at radius 3 is 2.23 bits per heavy atom. The molecule has 3 rings (SSSR count). The van der Waals surface area contributed by atoms with Gasteiger partial charge < -0.3 is 14.2 Å². The van der Waals surface area contributed by atoms with Crippen LogP contribution in [-0.4, -0.2) is 35.5 Å². The van der Waals surface area contributed by atoms with Crippen LogP contribution in [0.3, 0.4) is 0 Å². The van der Waals surface area contributed by atoms with Crippen molar-refractivity contribution in [2.24, 2.45) is 11.3 Å². The van der Waals surface area contributed by atoms with Gasteiger partial charge in [-0.3, -0.25) is 0 Å². The summed E-state index contributed by atoms with van der Waals surface area (Å²) in [6.07, 6.45) is 10.3. The predicted octanol–water partition coefficient (Wildman–Crippen LogP) is 6.17. The number of hydrogen-bond donors (Lipinski definition) is 0. The number of rotatable bonds is 6. The van der Waals surface area contributed by atoms with Gasteiger partial charge in [-0.25, -0.2) is 4.98 Å². The van der Waals surface area contributed by atoms with Crippen LogP contribution in [0.25, 0.3) is 0 Å². The van der Waals surface area contributed by atoms with Crippen molar-refractivity contribution in [2.75, 3.05) is 6.61 Å². The standard InChI is InChI=1S/C27H41NO3/c1-26(2,3)20-10-13-22(14-11-20)29-16-8-7-9-21-12-15-23(19-28-21)30-24-17-25(18-24)31-27(4,5)6/h12,15,19-20,22,24-25H,8,10-11,13-14,16-18H2,1-6H3. The molecule has 2 aliphatic carbocycles. The van der Waals surface area contributed by atoms with Crippen LogP contribution in [0.15, 0.2) is 18.3 Å². The monoisotopic (exact) mass is 427 g/mol. The third-order valence-electron chi connectivity index (χ3n) is 6.31. The molecule has 4 heteroatoms. The largest absolute Gasteiger partial charge is 0.489 e. The molecule has 1 aromatic rings. The molecule has 0 N–H and O–H groups in total. The zero-order valence-electron chi connectivity index (χ0n) is 20.4. The Kier molecular flexibility index (Phi) is 8.05. The summed E-state index contributed by atoms with van der Waals surface area (Å²) in [5.74, 6) is 7.95. The van der Waals surface area contributed by atoms with Crippen LogP contribution in [0, 0.1) is 23.2 Å². The van der Waals surface area contributed by atoms with Crippen molar-refractivity contribution < 1.29 is 14.2 Å². The molecule has 31 heavy (non-hydrogen) atoms. The first kappa shape index (κ1) is 24.1. The Bertz CT molecular complexity index is 734. The van der Waals surface area contributed by atoms with E-state index in [-0.39, 0.29) is 11.7 Å². The molecule has 0 spiro atoms. The van der Waals surface area contributed by atoms with Gasteiger partial charge in [0.05, 0.1) is 30.6 Å². The molecular weight excluding hydrogens is 386 g/mol. The van der Waals surface area contributed by atoms with Crippen molar-refractivity contribution in [1.82, 2.24) is 4.98 Å². The third-order valence-corrected chi connectivity index (χ3v) is 6.31. The zero-order chi connectivity index (χ0) is 22.5. The second kappa shape index (κ2) is 10.4. The molecule has 1 aromatic heterocycles. The van der Waals surface area contributed by atoms with Gasteiger partial charge in [0.25, 0.3) is 0 Å². The minimum Gasteiger partial charge on any atom is -0.489 e. The fourth-order valence-electron chi connectivity index (χ4n) is 4.45. The van der Waals surface area contributed by atoms with Gasteiger partial charge in [0.15, 0.2) is 0 Å². The predicted molar refractivity (Wildman–Crippen MR) is 125 cm³/mol. The van der Waals surface area contributed by atoms with Crippen LogP contribution in [0.1, 0.15) is 92.2 Å². The van der Waals surface area contributed by atoms with Gasteiger partial charge in [-0.05, 0) is 75.8 Å². The molecular formula is C27H41NO3. The molecule has 0 atom stereocenters. The normalized spacial score (nSPS) is 26.5. The van der Waals surface area contributed by atoms with E-state index in [1.54, 1.807) is 6.20 Å². The Labute approximate surface area is 189 Å². The second-order valence-electron chi connectivity index (χ2n) is 11.2. The maximum absolute atomic E-state index is 6.05. The first-order chi connectivity index (χ1) is 14.6. The van der Waals surface area contributed by atoms with Gasteiger partial charge in [-0.2, -0.15) is 0 Å². The molecule has 0 aliphatic heterocycles. The quantitative estimate of drug-likeness (QED) is 0.402. The Balaban J connectivity index is 1.31. The third kappa shape index (κ3) is 8.13. The van der Waals surface area contributed by atoms with Crippen LogP contribution in [0.2, 0.25) is 0 Å². The van der Waals surface area contributed by atoms with Gasteiger partial charge in [-0.1, -0.05) is 26.7 Å². The SMILES string of the molecule is CC(C)(C)OC1CC(Oc2ccc(C#CCCOC3CCC(C(C)(C)C)CC3)nc2)C1. The topological polar surface area (TPSA) is 40.6 Å². The number of ether oxygens (including phenoxy) is 3. The van der Waals surface area contributed by atoms with E-state index in [4.69, 9.17) is 14.2 Å². The molecule has 1 heterocycles. The van der Waals surface area contributed by atoms with E-state index in [9.17, 15) is 0 Å². The van der Waals surface area contributed by atoms with Crippen LogP contribution in [0.5, 0.6) is 5.75 Å². The van der Waals surface area contributed by atoms with Gasteiger partial charge in [0, 0.05) is 19.3 Å². The molecule has 4 nitrogen and oxygen atoms in total. The highest BCUT2D eigenvalue weighted by Crippen LogP contribution is 2.38. The summed E-state index contributed by atoms with van der Waals surface area (Å²) < 4.78 is 18.0. The number of pyridine rings is 1. The van der Waals surface area contributed by atoms with Crippen molar-refractivity contribution in [3.05, 3.63) is 24.0 Å². The van der Waals surface area contributed by atoms with E-state index in [0.29, 0.717) is 24.2 Å². The fourth-order valence-corrected chi connectivity index (χ4v) is 4.45. The summed E-state index contributed by atoms with van der Waals surface area (Å²) in [4.78, 5) is 4.42. The van der Waals surface area contributed by atoms with Crippen molar-refractivity contribution >= 4 is 0 Å². The van der Waals surface area contributed by atoms with Gasteiger partial charge in [0.1, 0.15) is 17.5 Å². The molecule has 172 valence electrons. The van der Waals surface area contributed by atoms with Crippen molar-refractivity contribution in [1.29, 1.82) is 0 Å². The molecule has 2 aliphatic rings. The highest BCUT2D eigenvalue weighted by atomic mass is 16.5. The lowest BCUT2D eigenvalue weighted by Crippen LogP contribution is -2.43. The molecule has 0 saturated heterocycles. The van der Waals surface area contributed by atoms with Crippen LogP contribution in [0.4, 0.5) is 0 Å². The van der Waals surface area contributed by atoms with Crippen molar-refractivity contribution in [2.45, 2.75) is 110 Å².